The Morgan fingerprint density at radius 1 is 1.21 bits per heavy atom. The Kier molecular flexibility index (Phi) is 2.90. The minimum absolute atomic E-state index is 0.0275. The van der Waals surface area contributed by atoms with E-state index >= 15 is 0 Å². The summed E-state index contributed by atoms with van der Waals surface area (Å²) in [5.74, 6) is 1.04. The molecule has 126 valence electrons. The van der Waals surface area contributed by atoms with Crippen LogP contribution in [0.2, 0.25) is 0 Å². The van der Waals surface area contributed by atoms with Crippen molar-refractivity contribution in [2.45, 2.75) is 31.4 Å². The predicted molar refractivity (Wildman–Crippen MR) is 86.9 cm³/mol. The maximum atomic E-state index is 12.6. The maximum Gasteiger partial charge on any atom is 0.249 e. The lowest BCUT2D eigenvalue weighted by molar-refractivity contribution is -0.163. The lowest BCUT2D eigenvalue weighted by atomic mass is 10.00. The van der Waals surface area contributed by atoms with Gasteiger partial charge in [-0.15, -0.1) is 0 Å². The van der Waals surface area contributed by atoms with E-state index in [-0.39, 0.29) is 23.5 Å². The van der Waals surface area contributed by atoms with E-state index < -0.39 is 0 Å². The van der Waals surface area contributed by atoms with Crippen molar-refractivity contribution in [2.75, 3.05) is 26.2 Å². The molecule has 5 nitrogen and oxygen atoms in total. The molecule has 2 aliphatic heterocycles. The quantitative estimate of drug-likeness (QED) is 0.844. The molecule has 2 saturated heterocycles. The van der Waals surface area contributed by atoms with Crippen molar-refractivity contribution in [3.05, 3.63) is 35.9 Å². The Morgan fingerprint density at radius 2 is 1.96 bits per heavy atom. The molecule has 24 heavy (non-hydrogen) atoms. The highest BCUT2D eigenvalue weighted by Gasteiger charge is 2.75. The van der Waals surface area contributed by atoms with Gasteiger partial charge in [-0.2, -0.15) is 0 Å². The first-order valence-corrected chi connectivity index (χ1v) is 8.85. The second-order valence-electron chi connectivity index (χ2n) is 7.95. The van der Waals surface area contributed by atoms with Gasteiger partial charge in [0.15, 0.2) is 0 Å². The number of ether oxygens (including phenoxy) is 1. The fourth-order valence-corrected chi connectivity index (χ4v) is 4.37. The Balaban J connectivity index is 1.28. The molecule has 0 bridgehead atoms. The number of nitrogens with zero attached hydrogens (tertiary/aromatic N) is 2. The second kappa shape index (κ2) is 4.82. The van der Waals surface area contributed by atoms with E-state index in [1.807, 2.05) is 40.1 Å². The highest BCUT2D eigenvalue weighted by Crippen LogP contribution is 2.76. The average molecular weight is 326 g/mol. The van der Waals surface area contributed by atoms with Crippen LogP contribution in [0, 0.1) is 11.3 Å². The fourth-order valence-electron chi connectivity index (χ4n) is 4.37. The number of benzene rings is 1. The zero-order valence-corrected chi connectivity index (χ0v) is 13.7. The Hall–Kier alpha value is -1.88. The van der Waals surface area contributed by atoms with Gasteiger partial charge in [0, 0.05) is 13.1 Å². The summed E-state index contributed by atoms with van der Waals surface area (Å²) in [6.07, 6.45) is 3.02. The normalized spacial score (nSPS) is 36.8. The van der Waals surface area contributed by atoms with Gasteiger partial charge >= 0.3 is 0 Å². The van der Waals surface area contributed by atoms with Crippen molar-refractivity contribution in [1.82, 2.24) is 9.80 Å². The van der Waals surface area contributed by atoms with Crippen LogP contribution >= 0.6 is 0 Å². The zero-order chi connectivity index (χ0) is 16.4. The summed E-state index contributed by atoms with van der Waals surface area (Å²) in [5, 5.41) is 0. The summed E-state index contributed by atoms with van der Waals surface area (Å²) >= 11 is 0. The van der Waals surface area contributed by atoms with Crippen molar-refractivity contribution in [1.29, 1.82) is 0 Å². The first kappa shape index (κ1) is 14.5. The Labute approximate surface area is 141 Å². The fraction of sp³-hybridized carbons (Fsp3) is 0.579. The van der Waals surface area contributed by atoms with Gasteiger partial charge in [0.25, 0.3) is 0 Å². The van der Waals surface area contributed by atoms with E-state index in [0.717, 1.165) is 31.4 Å². The number of hydrogen-bond donors (Lipinski definition) is 0. The minimum atomic E-state index is -0.367. The zero-order valence-electron chi connectivity index (χ0n) is 13.7. The molecule has 4 fully saturated rings. The molecule has 1 unspecified atom stereocenters. The molecular formula is C19H22N2O3. The summed E-state index contributed by atoms with van der Waals surface area (Å²) < 4.78 is 5.95. The number of morpholine rings is 1. The van der Waals surface area contributed by atoms with E-state index in [9.17, 15) is 9.59 Å². The highest BCUT2D eigenvalue weighted by molar-refractivity contribution is 5.90. The molecule has 1 spiro atoms. The second-order valence-corrected chi connectivity index (χ2v) is 7.95. The van der Waals surface area contributed by atoms with Crippen molar-refractivity contribution in [3.8, 4) is 0 Å². The molecule has 1 atom stereocenters. The van der Waals surface area contributed by atoms with Gasteiger partial charge in [-0.1, -0.05) is 30.3 Å². The molecule has 2 heterocycles. The van der Waals surface area contributed by atoms with E-state index in [0.29, 0.717) is 31.5 Å². The van der Waals surface area contributed by atoms with E-state index in [2.05, 4.69) is 0 Å². The van der Waals surface area contributed by atoms with E-state index in [4.69, 9.17) is 4.74 Å². The van der Waals surface area contributed by atoms with Crippen molar-refractivity contribution >= 4 is 11.8 Å². The van der Waals surface area contributed by atoms with Crippen LogP contribution in [0.4, 0.5) is 0 Å². The lowest BCUT2D eigenvalue weighted by Crippen LogP contribution is -2.55. The molecule has 0 aromatic heterocycles. The van der Waals surface area contributed by atoms with Crippen molar-refractivity contribution in [3.63, 3.8) is 0 Å². The largest absolute Gasteiger partial charge is 0.361 e. The van der Waals surface area contributed by atoms with E-state index in [1.54, 1.807) is 0 Å². The number of likely N-dealkylation sites (tertiary alicyclic amines) is 1. The number of fused-ring (bicyclic) bond motifs is 1. The van der Waals surface area contributed by atoms with Gasteiger partial charge in [-0.05, 0) is 30.7 Å². The molecule has 0 N–H and O–H groups in total. The monoisotopic (exact) mass is 326 g/mol. The van der Waals surface area contributed by atoms with Crippen LogP contribution < -0.4 is 0 Å². The average Bonchev–Trinajstić information content (AvgIpc) is 3.42. The topological polar surface area (TPSA) is 49.9 Å². The molecule has 1 aromatic carbocycles. The standard InChI is InChI=1S/C19H22N2O3/c22-16-11-24-18(13-21(16)10-14-4-2-1-3-5-14)6-7-20(12-18)17(23)19-8-15(19)9-19/h1-5,15H,6-13H2. The predicted octanol–water partition coefficient (Wildman–Crippen LogP) is 1.43. The first-order chi connectivity index (χ1) is 11.6. The summed E-state index contributed by atoms with van der Waals surface area (Å²) in [7, 11) is 0. The molecule has 1 aromatic rings. The smallest absolute Gasteiger partial charge is 0.249 e. The van der Waals surface area contributed by atoms with Crippen LogP contribution in [-0.4, -0.2) is 53.5 Å². The van der Waals surface area contributed by atoms with Gasteiger partial charge < -0.3 is 14.5 Å². The number of carbonyl (C=O) groups is 2. The third-order valence-electron chi connectivity index (χ3n) is 6.26. The maximum absolute atomic E-state index is 12.6. The van der Waals surface area contributed by atoms with Crippen molar-refractivity contribution < 1.29 is 14.3 Å². The molecule has 2 amide bonds. The SMILES string of the molecule is O=C1COC2(CCN(C(=O)C34CC3C4)C2)CN1Cc1ccccc1. The molecular weight excluding hydrogens is 304 g/mol. The van der Waals surface area contributed by atoms with Crippen LogP contribution in [-0.2, 0) is 20.9 Å². The third-order valence-corrected chi connectivity index (χ3v) is 6.26. The van der Waals surface area contributed by atoms with Crippen molar-refractivity contribution in [2.24, 2.45) is 11.3 Å². The van der Waals surface area contributed by atoms with Crippen LogP contribution in [0.3, 0.4) is 0 Å². The van der Waals surface area contributed by atoms with Crippen LogP contribution in [0.25, 0.3) is 0 Å². The summed E-state index contributed by atoms with van der Waals surface area (Å²) in [5.41, 5.74) is 0.792. The molecule has 0 radical (unpaired) electrons. The highest BCUT2D eigenvalue weighted by atomic mass is 16.5. The van der Waals surface area contributed by atoms with Crippen LogP contribution in [0.15, 0.2) is 30.3 Å². The summed E-state index contributed by atoms with van der Waals surface area (Å²) in [4.78, 5) is 28.8. The summed E-state index contributed by atoms with van der Waals surface area (Å²) in [6, 6.07) is 10.0. The summed E-state index contributed by atoms with van der Waals surface area (Å²) in [6.45, 7) is 2.73. The van der Waals surface area contributed by atoms with Gasteiger partial charge in [0.2, 0.25) is 11.8 Å². The lowest BCUT2D eigenvalue weighted by Gasteiger charge is -2.40. The Morgan fingerprint density at radius 3 is 2.67 bits per heavy atom. The molecule has 2 saturated carbocycles. The molecule has 5 rings (SSSR count). The molecule has 5 heteroatoms. The van der Waals surface area contributed by atoms with Gasteiger partial charge in [0.1, 0.15) is 12.2 Å². The Bertz CT molecular complexity index is 698. The third kappa shape index (κ3) is 2.18. The number of rotatable bonds is 3. The number of carbonyl (C=O) groups excluding carboxylic acids is 2. The molecule has 4 aliphatic rings. The minimum Gasteiger partial charge on any atom is -0.361 e. The number of amides is 2. The van der Waals surface area contributed by atoms with Crippen LogP contribution in [0.1, 0.15) is 24.8 Å². The van der Waals surface area contributed by atoms with Crippen LogP contribution in [0.5, 0.6) is 0 Å². The van der Waals surface area contributed by atoms with Gasteiger partial charge in [-0.3, -0.25) is 9.59 Å². The number of hydrogen-bond acceptors (Lipinski definition) is 3. The molecule has 2 aliphatic carbocycles. The van der Waals surface area contributed by atoms with Gasteiger partial charge in [0.05, 0.1) is 18.5 Å². The first-order valence-electron chi connectivity index (χ1n) is 8.85. The van der Waals surface area contributed by atoms with Gasteiger partial charge in [-0.25, -0.2) is 0 Å². The van der Waals surface area contributed by atoms with E-state index in [1.165, 1.54) is 0 Å².